The summed E-state index contributed by atoms with van der Waals surface area (Å²) in [6, 6.07) is 21.6. The molecule has 6 heteroatoms. The smallest absolute Gasteiger partial charge is 0.295 e. The number of hydrogen-bond acceptors (Lipinski definition) is 4. The van der Waals surface area contributed by atoms with E-state index in [1.54, 1.807) is 72.8 Å². The molecule has 1 atom stereocenters. The summed E-state index contributed by atoms with van der Waals surface area (Å²) in [5, 5.41) is 21.0. The van der Waals surface area contributed by atoms with E-state index >= 15 is 0 Å². The topological polar surface area (TPSA) is 77.8 Å². The molecule has 3 aromatic rings. The van der Waals surface area contributed by atoms with Crippen LogP contribution in [0.25, 0.3) is 5.76 Å². The quantitative estimate of drug-likeness (QED) is 0.347. The Kier molecular flexibility index (Phi) is 5.78. The van der Waals surface area contributed by atoms with Crippen LogP contribution in [0, 0.1) is 0 Å². The molecule has 1 fully saturated rings. The van der Waals surface area contributed by atoms with Gasteiger partial charge >= 0.3 is 0 Å². The van der Waals surface area contributed by atoms with E-state index in [1.807, 2.05) is 6.07 Å². The lowest BCUT2D eigenvalue weighted by Gasteiger charge is -2.25. The van der Waals surface area contributed by atoms with Crippen molar-refractivity contribution in [2.45, 2.75) is 12.5 Å². The Hall–Kier alpha value is -3.57. The summed E-state index contributed by atoms with van der Waals surface area (Å²) in [5.41, 5.74) is 2.13. The number of nitrogens with zero attached hydrogens (tertiary/aromatic N) is 1. The maximum Gasteiger partial charge on any atom is 0.295 e. The first kappa shape index (κ1) is 20.7. The number of halogens is 1. The molecular formula is C25H20ClNO4. The summed E-state index contributed by atoms with van der Waals surface area (Å²) in [6.07, 6.45) is 0.489. The molecule has 5 nitrogen and oxygen atoms in total. The summed E-state index contributed by atoms with van der Waals surface area (Å²) in [4.78, 5) is 27.4. The van der Waals surface area contributed by atoms with Crippen LogP contribution in [0.2, 0.25) is 5.02 Å². The largest absolute Gasteiger partial charge is 0.508 e. The minimum atomic E-state index is -0.727. The highest BCUT2D eigenvalue weighted by Gasteiger charge is 2.45. The fourth-order valence-electron chi connectivity index (χ4n) is 3.77. The molecule has 1 aliphatic heterocycles. The van der Waals surface area contributed by atoms with Crippen LogP contribution in [-0.2, 0) is 16.0 Å². The predicted octanol–water partition coefficient (Wildman–Crippen LogP) is 4.71. The zero-order chi connectivity index (χ0) is 22.0. The van der Waals surface area contributed by atoms with Gasteiger partial charge in [0.1, 0.15) is 11.5 Å². The van der Waals surface area contributed by atoms with Crippen molar-refractivity contribution in [2.75, 3.05) is 6.54 Å². The van der Waals surface area contributed by atoms with E-state index in [-0.39, 0.29) is 23.6 Å². The second kappa shape index (κ2) is 8.66. The van der Waals surface area contributed by atoms with Crippen LogP contribution in [0.1, 0.15) is 22.7 Å². The summed E-state index contributed by atoms with van der Waals surface area (Å²) in [5.74, 6) is -1.41. The van der Waals surface area contributed by atoms with Gasteiger partial charge in [-0.3, -0.25) is 9.59 Å². The Morgan fingerprint density at radius 3 is 2.19 bits per heavy atom. The monoisotopic (exact) mass is 433 g/mol. The highest BCUT2D eigenvalue weighted by atomic mass is 35.5. The SMILES string of the molecule is O=C1C(=O)N(CCc2ccc(O)cc2)[C@H](c2ccc(Cl)cc2)C1=C(O)c1ccccc1. The Morgan fingerprint density at radius 2 is 1.55 bits per heavy atom. The highest BCUT2D eigenvalue weighted by molar-refractivity contribution is 6.46. The van der Waals surface area contributed by atoms with E-state index in [9.17, 15) is 19.8 Å². The van der Waals surface area contributed by atoms with Crippen LogP contribution >= 0.6 is 11.6 Å². The number of aliphatic hydroxyl groups is 1. The lowest BCUT2D eigenvalue weighted by atomic mass is 9.95. The number of benzene rings is 3. The number of likely N-dealkylation sites (tertiary alicyclic amines) is 1. The maximum atomic E-state index is 13.0. The number of aromatic hydroxyl groups is 1. The number of phenolic OH excluding ortho intramolecular Hbond substituents is 1. The molecule has 1 saturated heterocycles. The number of phenols is 1. The third-order valence-corrected chi connectivity index (χ3v) is 5.60. The van der Waals surface area contributed by atoms with Crippen LogP contribution < -0.4 is 0 Å². The zero-order valence-electron chi connectivity index (χ0n) is 16.5. The Balaban J connectivity index is 1.75. The minimum absolute atomic E-state index is 0.0595. The first-order valence-electron chi connectivity index (χ1n) is 9.83. The molecule has 3 aromatic carbocycles. The van der Waals surface area contributed by atoms with Crippen LogP contribution in [0.5, 0.6) is 5.75 Å². The highest BCUT2D eigenvalue weighted by Crippen LogP contribution is 2.39. The van der Waals surface area contributed by atoms with Crippen molar-refractivity contribution >= 4 is 29.1 Å². The van der Waals surface area contributed by atoms with Gasteiger partial charge in [-0.25, -0.2) is 0 Å². The molecule has 0 saturated carbocycles. The van der Waals surface area contributed by atoms with E-state index in [4.69, 9.17) is 11.6 Å². The van der Waals surface area contributed by atoms with E-state index < -0.39 is 17.7 Å². The molecule has 31 heavy (non-hydrogen) atoms. The molecule has 4 rings (SSSR count). The molecule has 0 aliphatic carbocycles. The fraction of sp³-hybridized carbons (Fsp3) is 0.120. The van der Waals surface area contributed by atoms with Crippen molar-refractivity contribution in [3.8, 4) is 5.75 Å². The van der Waals surface area contributed by atoms with Gasteiger partial charge in [-0.05, 0) is 41.8 Å². The van der Waals surface area contributed by atoms with Crippen LogP contribution in [0.3, 0.4) is 0 Å². The second-order valence-electron chi connectivity index (χ2n) is 7.33. The Morgan fingerprint density at radius 1 is 0.903 bits per heavy atom. The van der Waals surface area contributed by atoms with E-state index in [0.717, 1.165) is 5.56 Å². The Labute approximate surface area is 184 Å². The molecule has 1 aliphatic rings. The Bertz CT molecular complexity index is 1140. The number of amides is 1. The molecule has 1 amide bonds. The normalized spacial score (nSPS) is 17.8. The molecule has 156 valence electrons. The van der Waals surface area contributed by atoms with E-state index in [2.05, 4.69) is 0 Å². The van der Waals surface area contributed by atoms with Crippen LogP contribution in [0.4, 0.5) is 0 Å². The molecule has 0 spiro atoms. The average Bonchev–Trinajstić information content (AvgIpc) is 3.04. The third kappa shape index (κ3) is 4.18. The van der Waals surface area contributed by atoms with Gasteiger partial charge in [0.2, 0.25) is 0 Å². The van der Waals surface area contributed by atoms with E-state index in [0.29, 0.717) is 22.6 Å². The number of carbonyl (C=O) groups excluding carboxylic acids is 2. The van der Waals surface area contributed by atoms with Gasteiger partial charge in [-0.15, -0.1) is 0 Å². The van der Waals surface area contributed by atoms with Gasteiger partial charge in [0.15, 0.2) is 0 Å². The van der Waals surface area contributed by atoms with Gasteiger partial charge in [0.25, 0.3) is 11.7 Å². The van der Waals surface area contributed by atoms with Crippen LogP contribution in [-0.4, -0.2) is 33.3 Å². The lowest BCUT2D eigenvalue weighted by molar-refractivity contribution is -0.139. The summed E-state index contributed by atoms with van der Waals surface area (Å²) < 4.78 is 0. The standard InChI is InChI=1S/C25H20ClNO4/c26-19-10-8-17(9-11-19)22-21(23(29)18-4-2-1-3-5-18)24(30)25(31)27(22)15-14-16-6-12-20(28)13-7-16/h1-13,22,28-29H,14-15H2/t22-/m1/s1. The first-order chi connectivity index (χ1) is 15.0. The minimum Gasteiger partial charge on any atom is -0.508 e. The van der Waals surface area contributed by atoms with Crippen LogP contribution in [0.15, 0.2) is 84.4 Å². The van der Waals surface area contributed by atoms with Gasteiger partial charge in [-0.2, -0.15) is 0 Å². The number of hydrogen-bond donors (Lipinski definition) is 2. The van der Waals surface area contributed by atoms with Gasteiger partial charge in [0, 0.05) is 17.1 Å². The second-order valence-corrected chi connectivity index (χ2v) is 7.76. The van der Waals surface area contributed by atoms with Crippen molar-refractivity contribution in [3.63, 3.8) is 0 Å². The molecule has 0 aromatic heterocycles. The molecule has 0 bridgehead atoms. The molecule has 0 radical (unpaired) electrons. The fourth-order valence-corrected chi connectivity index (χ4v) is 3.89. The molecule has 2 N–H and O–H groups in total. The summed E-state index contributed by atoms with van der Waals surface area (Å²) in [6.45, 7) is 0.272. The third-order valence-electron chi connectivity index (χ3n) is 5.35. The molecular weight excluding hydrogens is 414 g/mol. The average molecular weight is 434 g/mol. The van der Waals surface area contributed by atoms with Crippen molar-refractivity contribution in [2.24, 2.45) is 0 Å². The summed E-state index contributed by atoms with van der Waals surface area (Å²) in [7, 11) is 0. The predicted molar refractivity (Wildman–Crippen MR) is 119 cm³/mol. The van der Waals surface area contributed by atoms with Crippen molar-refractivity contribution in [1.29, 1.82) is 0 Å². The number of aliphatic hydroxyl groups excluding tert-OH is 1. The zero-order valence-corrected chi connectivity index (χ0v) is 17.3. The number of rotatable bonds is 5. The van der Waals surface area contributed by atoms with E-state index in [1.165, 1.54) is 4.90 Å². The molecule has 1 heterocycles. The van der Waals surface area contributed by atoms with Crippen molar-refractivity contribution < 1.29 is 19.8 Å². The lowest BCUT2D eigenvalue weighted by Crippen LogP contribution is -2.31. The maximum absolute atomic E-state index is 13.0. The summed E-state index contributed by atoms with van der Waals surface area (Å²) >= 11 is 6.03. The number of carbonyl (C=O) groups is 2. The van der Waals surface area contributed by atoms with Gasteiger partial charge in [0.05, 0.1) is 11.6 Å². The van der Waals surface area contributed by atoms with Gasteiger partial charge < -0.3 is 15.1 Å². The first-order valence-corrected chi connectivity index (χ1v) is 10.2. The van der Waals surface area contributed by atoms with Gasteiger partial charge in [-0.1, -0.05) is 66.2 Å². The molecule has 0 unspecified atom stereocenters. The van der Waals surface area contributed by atoms with Crippen molar-refractivity contribution in [1.82, 2.24) is 4.90 Å². The van der Waals surface area contributed by atoms with Crippen molar-refractivity contribution in [3.05, 3.63) is 106 Å². The number of Topliss-reactive ketones (excluding diaryl/α,β-unsaturated/α-hetero) is 1. The number of ketones is 1.